The average Bonchev–Trinajstić information content (AvgIpc) is 2.72. The second-order valence-electron chi connectivity index (χ2n) is 8.75. The topological polar surface area (TPSA) is 109 Å². The summed E-state index contributed by atoms with van der Waals surface area (Å²) in [6, 6.07) is 11.3. The first kappa shape index (κ1) is 25.0. The number of carbonyl (C=O) groups is 1. The Kier molecular flexibility index (Phi) is 9.31. The molecule has 32 heavy (non-hydrogen) atoms. The molecule has 2 aromatic carbocycles. The summed E-state index contributed by atoms with van der Waals surface area (Å²) in [5, 5.41) is 9.24. The summed E-state index contributed by atoms with van der Waals surface area (Å²) in [6.45, 7) is 10.4. The highest BCUT2D eigenvalue weighted by Gasteiger charge is 2.17. The van der Waals surface area contributed by atoms with Crippen LogP contribution in [0.5, 0.6) is 0 Å². The molecule has 0 spiro atoms. The molecule has 2 amide bonds. The lowest BCUT2D eigenvalue weighted by Gasteiger charge is -2.30. The fourth-order valence-corrected chi connectivity index (χ4v) is 3.42. The lowest BCUT2D eigenvalue weighted by Crippen LogP contribution is -2.32. The zero-order valence-electron chi connectivity index (χ0n) is 19.4. The van der Waals surface area contributed by atoms with E-state index in [-0.39, 0.29) is 5.82 Å². The number of hydrogen-bond donors (Lipinski definition) is 4. The summed E-state index contributed by atoms with van der Waals surface area (Å²) in [4.78, 5) is 15.0. The van der Waals surface area contributed by atoms with Crippen LogP contribution in [0.2, 0.25) is 0 Å². The quantitative estimate of drug-likeness (QED) is 0.184. The van der Waals surface area contributed by atoms with E-state index >= 15 is 0 Å². The smallest absolute Gasteiger partial charge is 0.323 e. The van der Waals surface area contributed by atoms with Crippen molar-refractivity contribution in [2.45, 2.75) is 40.5 Å². The predicted octanol–water partition coefficient (Wildman–Crippen LogP) is 4.75. The maximum Gasteiger partial charge on any atom is 0.323 e. The molecule has 0 aliphatic carbocycles. The van der Waals surface area contributed by atoms with Gasteiger partial charge in [0.15, 0.2) is 0 Å². The zero-order chi connectivity index (χ0) is 23.7. The number of benzene rings is 2. The highest BCUT2D eigenvalue weighted by atomic mass is 19.1. The van der Waals surface area contributed by atoms with Crippen molar-refractivity contribution in [2.24, 2.45) is 28.5 Å². The number of nitrogens with zero attached hydrogens (tertiary/aromatic N) is 2. The van der Waals surface area contributed by atoms with Gasteiger partial charge in [0.2, 0.25) is 0 Å². The zero-order valence-corrected chi connectivity index (χ0v) is 19.4. The van der Waals surface area contributed by atoms with Crippen molar-refractivity contribution in [2.75, 3.05) is 28.6 Å². The third kappa shape index (κ3) is 8.09. The van der Waals surface area contributed by atoms with Crippen LogP contribution in [0.4, 0.5) is 26.2 Å². The first-order valence-corrected chi connectivity index (χ1v) is 10.9. The highest BCUT2D eigenvalue weighted by Crippen LogP contribution is 2.30. The molecule has 174 valence electrons. The second kappa shape index (κ2) is 11.9. The van der Waals surface area contributed by atoms with E-state index in [1.807, 2.05) is 18.2 Å². The van der Waals surface area contributed by atoms with Crippen molar-refractivity contribution < 1.29 is 9.18 Å². The number of nitrogens with two attached hydrogens (primary N) is 2. The third-order valence-electron chi connectivity index (χ3n) is 4.76. The number of amides is 2. The summed E-state index contributed by atoms with van der Waals surface area (Å²) in [7, 11) is 0. The predicted molar refractivity (Wildman–Crippen MR) is 132 cm³/mol. The van der Waals surface area contributed by atoms with Gasteiger partial charge >= 0.3 is 6.03 Å². The van der Waals surface area contributed by atoms with Gasteiger partial charge in [0.05, 0.1) is 11.4 Å². The van der Waals surface area contributed by atoms with Crippen LogP contribution in [0.3, 0.4) is 0 Å². The van der Waals surface area contributed by atoms with Crippen LogP contribution in [0.1, 0.15) is 39.7 Å². The van der Waals surface area contributed by atoms with E-state index in [1.165, 1.54) is 24.3 Å². The molecule has 0 radical (unpaired) electrons. The number of halogens is 1. The molecule has 0 aliphatic rings. The second-order valence-corrected chi connectivity index (χ2v) is 8.75. The molecule has 7 nitrogen and oxygen atoms in total. The molecular formula is C24H35FN6O. The van der Waals surface area contributed by atoms with Gasteiger partial charge in [-0.05, 0) is 60.2 Å². The first-order chi connectivity index (χ1) is 15.2. The minimum atomic E-state index is -0.396. The van der Waals surface area contributed by atoms with E-state index in [9.17, 15) is 9.18 Å². The van der Waals surface area contributed by atoms with Crippen molar-refractivity contribution in [3.8, 4) is 0 Å². The Bertz CT molecular complexity index is 901. The Hall–Kier alpha value is -3.29. The van der Waals surface area contributed by atoms with Gasteiger partial charge < -0.3 is 27.1 Å². The minimum Gasteiger partial charge on any atom is -0.386 e. The van der Waals surface area contributed by atoms with Gasteiger partial charge in [0.25, 0.3) is 0 Å². The summed E-state index contributed by atoms with van der Waals surface area (Å²) >= 11 is 0. The number of nitrogens with one attached hydrogen (secondary N) is 2. The molecule has 2 aromatic rings. The molecule has 8 heteroatoms. The Labute approximate surface area is 190 Å². The van der Waals surface area contributed by atoms with Crippen molar-refractivity contribution >= 4 is 28.9 Å². The fraction of sp³-hybridized carbons (Fsp3) is 0.417. The van der Waals surface area contributed by atoms with Crippen molar-refractivity contribution in [1.82, 2.24) is 0 Å². The highest BCUT2D eigenvalue weighted by molar-refractivity contribution is 6.02. The molecule has 0 atom stereocenters. The number of aryl methyl sites for hydroxylation is 1. The van der Waals surface area contributed by atoms with Gasteiger partial charge in [-0.15, -0.1) is 0 Å². The lowest BCUT2D eigenvalue weighted by atomic mass is 10.0. The van der Waals surface area contributed by atoms with E-state index < -0.39 is 6.03 Å². The molecule has 0 saturated carbocycles. The first-order valence-electron chi connectivity index (χ1n) is 10.9. The van der Waals surface area contributed by atoms with Crippen molar-refractivity contribution in [3.05, 3.63) is 53.8 Å². The van der Waals surface area contributed by atoms with Crippen LogP contribution < -0.4 is 27.1 Å². The fourth-order valence-electron chi connectivity index (χ4n) is 3.42. The van der Waals surface area contributed by atoms with Crippen LogP contribution in [0.25, 0.3) is 0 Å². The molecule has 2 rings (SSSR count). The maximum atomic E-state index is 13.2. The molecule has 0 unspecified atom stereocenters. The van der Waals surface area contributed by atoms with Crippen LogP contribution >= 0.6 is 0 Å². The summed E-state index contributed by atoms with van der Waals surface area (Å²) in [5.41, 5.74) is 8.90. The number of hydrazone groups is 1. The van der Waals surface area contributed by atoms with Gasteiger partial charge in [0.1, 0.15) is 11.7 Å². The Morgan fingerprint density at radius 3 is 2.22 bits per heavy atom. The minimum absolute atomic E-state index is 0.357. The number of hydrogen-bond acceptors (Lipinski definition) is 4. The van der Waals surface area contributed by atoms with Crippen molar-refractivity contribution in [3.63, 3.8) is 0 Å². The lowest BCUT2D eigenvalue weighted by molar-refractivity contribution is 0.262. The Morgan fingerprint density at radius 1 is 1.03 bits per heavy atom. The van der Waals surface area contributed by atoms with Gasteiger partial charge in [-0.2, -0.15) is 5.10 Å². The molecule has 0 aromatic heterocycles. The average molecular weight is 443 g/mol. The Morgan fingerprint density at radius 2 is 1.66 bits per heavy atom. The summed E-state index contributed by atoms with van der Waals surface area (Å²) in [6.07, 6.45) is 1.17. The molecular weight excluding hydrogens is 407 g/mol. The van der Waals surface area contributed by atoms with Gasteiger partial charge in [-0.3, -0.25) is 0 Å². The number of anilines is 3. The van der Waals surface area contributed by atoms with E-state index in [0.717, 1.165) is 24.3 Å². The third-order valence-corrected chi connectivity index (χ3v) is 4.76. The standard InChI is InChI=1S/C24H35FN6O/c1-16(2)14-31(15-17(3)4)22-11-5-18(6-12-23(26)30-27)13-21(22)29-24(32)28-20-9-7-19(25)8-10-20/h5,7-11,13,16-17H,6,12,14-15,27H2,1-4H3,(H2,26,30)(H2,28,29,32). The molecule has 0 saturated heterocycles. The molecule has 0 heterocycles. The Balaban J connectivity index is 2.32. The number of urea groups is 1. The number of carbonyl (C=O) groups excluding carboxylic acids is 1. The van der Waals surface area contributed by atoms with E-state index in [4.69, 9.17) is 11.6 Å². The van der Waals surface area contributed by atoms with E-state index in [2.05, 4.69) is 48.3 Å². The number of amidine groups is 1. The van der Waals surface area contributed by atoms with Gasteiger partial charge in [-0.25, -0.2) is 9.18 Å². The molecule has 6 N–H and O–H groups in total. The number of rotatable bonds is 10. The largest absolute Gasteiger partial charge is 0.386 e. The maximum absolute atomic E-state index is 13.2. The SMILES string of the molecule is CC(C)CN(CC(C)C)c1ccc(CC/C(N)=N/N)cc1NC(=O)Nc1ccc(F)cc1. The normalized spacial score (nSPS) is 11.7. The van der Waals surface area contributed by atoms with E-state index in [0.29, 0.717) is 41.9 Å². The monoisotopic (exact) mass is 442 g/mol. The summed E-state index contributed by atoms with van der Waals surface area (Å²) in [5.74, 6) is 6.16. The van der Waals surface area contributed by atoms with Crippen LogP contribution in [-0.4, -0.2) is 25.0 Å². The van der Waals surface area contributed by atoms with Crippen LogP contribution in [-0.2, 0) is 6.42 Å². The molecule has 0 aliphatic heterocycles. The molecule has 0 fully saturated rings. The molecule has 0 bridgehead atoms. The van der Waals surface area contributed by atoms with Crippen molar-refractivity contribution in [1.29, 1.82) is 0 Å². The van der Waals surface area contributed by atoms with E-state index in [1.54, 1.807) is 0 Å². The summed E-state index contributed by atoms with van der Waals surface area (Å²) < 4.78 is 13.2. The van der Waals surface area contributed by atoms with Crippen LogP contribution in [0.15, 0.2) is 47.6 Å². The van der Waals surface area contributed by atoms with Crippen LogP contribution in [0, 0.1) is 17.7 Å². The van der Waals surface area contributed by atoms with Gasteiger partial charge in [-0.1, -0.05) is 33.8 Å². The van der Waals surface area contributed by atoms with Gasteiger partial charge in [0, 0.05) is 25.2 Å².